The molecular formula is C22H21FN2O2S2. The van der Waals surface area contributed by atoms with E-state index in [1.165, 1.54) is 23.5 Å². The van der Waals surface area contributed by atoms with E-state index in [4.69, 9.17) is 0 Å². The molecule has 7 heteroatoms. The van der Waals surface area contributed by atoms with Crippen molar-refractivity contribution in [3.8, 4) is 0 Å². The molecule has 0 bridgehead atoms. The predicted octanol–water partition coefficient (Wildman–Crippen LogP) is 4.71. The maximum Gasteiger partial charge on any atom is 0.263 e. The van der Waals surface area contributed by atoms with Crippen molar-refractivity contribution in [1.82, 2.24) is 10.2 Å². The molecule has 1 aliphatic rings. The molecule has 0 spiro atoms. The van der Waals surface area contributed by atoms with Gasteiger partial charge in [-0.3, -0.25) is 9.59 Å². The summed E-state index contributed by atoms with van der Waals surface area (Å²) in [5.41, 5.74) is 0.838. The van der Waals surface area contributed by atoms with Gasteiger partial charge in [0, 0.05) is 18.0 Å². The summed E-state index contributed by atoms with van der Waals surface area (Å²) >= 11 is 2.97. The zero-order valence-electron chi connectivity index (χ0n) is 15.7. The Morgan fingerprint density at radius 2 is 1.83 bits per heavy atom. The van der Waals surface area contributed by atoms with Gasteiger partial charge in [0.2, 0.25) is 5.91 Å². The third-order valence-electron chi connectivity index (χ3n) is 5.13. The fourth-order valence-corrected chi connectivity index (χ4v) is 5.11. The Labute approximate surface area is 177 Å². The van der Waals surface area contributed by atoms with Crippen LogP contribution in [0.2, 0.25) is 0 Å². The third-order valence-corrected chi connectivity index (χ3v) is 6.92. The van der Waals surface area contributed by atoms with Gasteiger partial charge in [-0.25, -0.2) is 4.39 Å². The van der Waals surface area contributed by atoms with E-state index in [2.05, 4.69) is 5.32 Å². The van der Waals surface area contributed by atoms with Crippen LogP contribution in [0.1, 0.15) is 39.0 Å². The summed E-state index contributed by atoms with van der Waals surface area (Å²) in [6.07, 6.45) is 1.55. The minimum atomic E-state index is -0.327. The summed E-state index contributed by atoms with van der Waals surface area (Å²) in [5, 5.41) is 6.98. The number of piperidine rings is 1. The average Bonchev–Trinajstić information content (AvgIpc) is 3.46. The van der Waals surface area contributed by atoms with E-state index in [1.807, 2.05) is 35.0 Å². The average molecular weight is 429 g/mol. The summed E-state index contributed by atoms with van der Waals surface area (Å²) in [4.78, 5) is 29.2. The predicted molar refractivity (Wildman–Crippen MR) is 114 cm³/mol. The zero-order valence-corrected chi connectivity index (χ0v) is 17.3. The number of likely N-dealkylation sites (tertiary alicyclic amines) is 1. The Morgan fingerprint density at radius 1 is 1.07 bits per heavy atom. The lowest BCUT2D eigenvalue weighted by molar-refractivity contribution is -0.126. The summed E-state index contributed by atoms with van der Waals surface area (Å²) in [6.45, 7) is 1.09. The van der Waals surface area contributed by atoms with E-state index in [-0.39, 0.29) is 29.6 Å². The second-order valence-electron chi connectivity index (χ2n) is 7.08. The fourth-order valence-electron chi connectivity index (χ4n) is 3.62. The summed E-state index contributed by atoms with van der Waals surface area (Å²) in [7, 11) is 0. The lowest BCUT2D eigenvalue weighted by atomic mass is 9.95. The second kappa shape index (κ2) is 8.88. The van der Waals surface area contributed by atoms with E-state index in [1.54, 1.807) is 28.4 Å². The minimum absolute atomic E-state index is 0.00848. The number of nitrogens with one attached hydrogen (secondary N) is 1. The van der Waals surface area contributed by atoms with E-state index in [9.17, 15) is 14.0 Å². The Kier molecular flexibility index (Phi) is 6.06. The molecule has 4 rings (SSSR count). The molecule has 2 atom stereocenters. The van der Waals surface area contributed by atoms with Gasteiger partial charge in [-0.1, -0.05) is 24.3 Å². The Hall–Kier alpha value is -2.51. The van der Waals surface area contributed by atoms with Gasteiger partial charge in [-0.2, -0.15) is 0 Å². The molecule has 150 valence electrons. The highest BCUT2D eigenvalue weighted by molar-refractivity contribution is 7.12. The van der Waals surface area contributed by atoms with Gasteiger partial charge in [0.05, 0.1) is 16.8 Å². The van der Waals surface area contributed by atoms with Crippen LogP contribution in [0.4, 0.5) is 4.39 Å². The lowest BCUT2D eigenvalue weighted by Crippen LogP contribution is -2.46. The molecule has 0 radical (unpaired) electrons. The zero-order chi connectivity index (χ0) is 20.2. The van der Waals surface area contributed by atoms with Crippen LogP contribution < -0.4 is 5.32 Å². The van der Waals surface area contributed by atoms with Crippen molar-refractivity contribution >= 4 is 34.5 Å². The minimum Gasteiger partial charge on any atom is -0.344 e. The molecule has 4 nitrogen and oxygen atoms in total. The molecule has 0 aliphatic carbocycles. The maximum atomic E-state index is 13.4. The van der Waals surface area contributed by atoms with Crippen LogP contribution in [-0.2, 0) is 4.79 Å². The van der Waals surface area contributed by atoms with E-state index in [0.717, 1.165) is 23.3 Å². The van der Waals surface area contributed by atoms with Gasteiger partial charge in [-0.05, 0) is 53.4 Å². The highest BCUT2D eigenvalue weighted by Crippen LogP contribution is 2.28. The van der Waals surface area contributed by atoms with Gasteiger partial charge in [0.1, 0.15) is 5.82 Å². The number of nitrogens with zero attached hydrogens (tertiary/aromatic N) is 1. The topological polar surface area (TPSA) is 49.4 Å². The first kappa shape index (κ1) is 19.8. The number of carbonyl (C=O) groups excluding carboxylic acids is 2. The summed E-state index contributed by atoms with van der Waals surface area (Å²) < 4.78 is 13.4. The molecule has 0 unspecified atom stereocenters. The first-order valence-corrected chi connectivity index (χ1v) is 11.3. The number of amides is 2. The fraction of sp³-hybridized carbons (Fsp3) is 0.273. The maximum absolute atomic E-state index is 13.4. The molecule has 29 heavy (non-hydrogen) atoms. The SMILES string of the molecule is O=C(N[C@@H](c1ccc(F)cc1)c1cccs1)[C@H]1CCCN(C(=O)c2cccs2)C1. The highest BCUT2D eigenvalue weighted by Gasteiger charge is 2.31. The monoisotopic (exact) mass is 428 g/mol. The molecule has 1 aromatic carbocycles. The van der Waals surface area contributed by atoms with Crippen LogP contribution in [-0.4, -0.2) is 29.8 Å². The molecule has 1 N–H and O–H groups in total. The van der Waals surface area contributed by atoms with Gasteiger partial charge in [-0.15, -0.1) is 22.7 Å². The van der Waals surface area contributed by atoms with Crippen LogP contribution in [0.3, 0.4) is 0 Å². The van der Waals surface area contributed by atoms with E-state index < -0.39 is 0 Å². The van der Waals surface area contributed by atoms with Gasteiger partial charge in [0.25, 0.3) is 5.91 Å². The van der Waals surface area contributed by atoms with Gasteiger partial charge >= 0.3 is 0 Å². The lowest BCUT2D eigenvalue weighted by Gasteiger charge is -2.32. The number of thiophene rings is 2. The smallest absolute Gasteiger partial charge is 0.263 e. The second-order valence-corrected chi connectivity index (χ2v) is 9.00. The van der Waals surface area contributed by atoms with Crippen molar-refractivity contribution in [2.45, 2.75) is 18.9 Å². The first-order chi connectivity index (χ1) is 14.1. The van der Waals surface area contributed by atoms with Crippen LogP contribution >= 0.6 is 22.7 Å². The number of carbonyl (C=O) groups is 2. The molecule has 3 aromatic rings. The quantitative estimate of drug-likeness (QED) is 0.640. The van der Waals surface area contributed by atoms with E-state index >= 15 is 0 Å². The number of rotatable bonds is 5. The molecule has 2 aromatic heterocycles. The molecule has 2 amide bonds. The molecule has 1 aliphatic heterocycles. The number of hydrogen-bond donors (Lipinski definition) is 1. The van der Waals surface area contributed by atoms with Crippen LogP contribution in [0, 0.1) is 11.7 Å². The Balaban J connectivity index is 1.48. The van der Waals surface area contributed by atoms with Gasteiger partial charge < -0.3 is 10.2 Å². The first-order valence-electron chi connectivity index (χ1n) is 9.54. The third kappa shape index (κ3) is 4.57. The van der Waals surface area contributed by atoms with Crippen LogP contribution in [0.15, 0.2) is 59.3 Å². The number of hydrogen-bond acceptors (Lipinski definition) is 4. The van der Waals surface area contributed by atoms with Crippen molar-refractivity contribution in [2.75, 3.05) is 13.1 Å². The Morgan fingerprint density at radius 3 is 2.52 bits per heavy atom. The van der Waals surface area contributed by atoms with Crippen LogP contribution in [0.5, 0.6) is 0 Å². The van der Waals surface area contributed by atoms with E-state index in [0.29, 0.717) is 18.0 Å². The number of benzene rings is 1. The Bertz CT molecular complexity index is 955. The highest BCUT2D eigenvalue weighted by atomic mass is 32.1. The van der Waals surface area contributed by atoms with Crippen molar-refractivity contribution in [2.24, 2.45) is 5.92 Å². The standard InChI is InChI=1S/C22H21FN2O2S2/c23-17-9-7-15(8-10-17)20(18-5-2-12-28-18)24-21(26)16-4-1-11-25(14-16)22(27)19-6-3-13-29-19/h2-3,5-10,12-13,16,20H,1,4,11,14H2,(H,24,26)/t16-,20-/m0/s1. The van der Waals surface area contributed by atoms with Crippen molar-refractivity contribution in [3.05, 3.63) is 80.4 Å². The molecule has 0 saturated carbocycles. The van der Waals surface area contributed by atoms with Crippen molar-refractivity contribution < 1.29 is 14.0 Å². The molecular weight excluding hydrogens is 407 g/mol. The summed E-state index contributed by atoms with van der Waals surface area (Å²) in [6, 6.07) is 13.5. The molecule has 1 saturated heterocycles. The van der Waals surface area contributed by atoms with Gasteiger partial charge in [0.15, 0.2) is 0 Å². The van der Waals surface area contributed by atoms with Crippen molar-refractivity contribution in [1.29, 1.82) is 0 Å². The molecule has 1 fully saturated rings. The summed E-state index contributed by atoms with van der Waals surface area (Å²) in [5.74, 6) is -0.641. The number of halogens is 1. The largest absolute Gasteiger partial charge is 0.344 e. The normalized spacial score (nSPS) is 17.7. The van der Waals surface area contributed by atoms with Crippen molar-refractivity contribution in [3.63, 3.8) is 0 Å². The molecule has 3 heterocycles. The van der Waals surface area contributed by atoms with Crippen LogP contribution in [0.25, 0.3) is 0 Å².